The molecule has 1 fully saturated rings. The molecule has 0 aliphatic carbocycles. The van der Waals surface area contributed by atoms with Crippen molar-refractivity contribution in [3.8, 4) is 0 Å². The van der Waals surface area contributed by atoms with Crippen LogP contribution in [0.5, 0.6) is 0 Å². The summed E-state index contributed by atoms with van der Waals surface area (Å²) in [5.41, 5.74) is 0.377. The van der Waals surface area contributed by atoms with Gasteiger partial charge in [-0.2, -0.15) is 4.31 Å². The van der Waals surface area contributed by atoms with Gasteiger partial charge in [0, 0.05) is 13.1 Å². The highest BCUT2D eigenvalue weighted by atomic mass is 32.2. The van der Waals surface area contributed by atoms with Crippen molar-refractivity contribution in [1.82, 2.24) is 14.3 Å². The van der Waals surface area contributed by atoms with Gasteiger partial charge in [0.2, 0.25) is 10.0 Å². The molecule has 0 bridgehead atoms. The summed E-state index contributed by atoms with van der Waals surface area (Å²) in [6, 6.07) is 12.4. The number of rotatable bonds is 5. The molecule has 168 valence electrons. The van der Waals surface area contributed by atoms with E-state index in [4.69, 9.17) is 9.47 Å². The largest absolute Gasteiger partial charge is 0.454 e. The van der Waals surface area contributed by atoms with Crippen LogP contribution >= 0.6 is 0 Å². The standard InChI is InChI=1S/C22H23N3O6S/c1-14-11-25(12-15(2)31-14)32(28,29)17-9-7-16(8-10-17)22(27)30-13-20-23-19-6-4-3-5-18(19)21(26)24-20/h3-10,14-15H,11-13H2,1-2H3,(H,23,24,26)/t14-,15-/m0/s1. The summed E-state index contributed by atoms with van der Waals surface area (Å²) in [6.45, 7) is 3.98. The van der Waals surface area contributed by atoms with E-state index >= 15 is 0 Å². The molecule has 1 N–H and O–H groups in total. The maximum atomic E-state index is 12.9. The third kappa shape index (κ3) is 4.57. The number of hydrogen-bond donors (Lipinski definition) is 1. The van der Waals surface area contributed by atoms with Crippen LogP contribution in [0.3, 0.4) is 0 Å². The van der Waals surface area contributed by atoms with Gasteiger partial charge in [-0.25, -0.2) is 18.2 Å². The lowest BCUT2D eigenvalue weighted by molar-refractivity contribution is -0.0440. The quantitative estimate of drug-likeness (QED) is 0.583. The number of benzene rings is 2. The fraction of sp³-hybridized carbons (Fsp3) is 0.318. The Morgan fingerprint density at radius 1 is 1.12 bits per heavy atom. The number of carbonyl (C=O) groups excluding carboxylic acids is 1. The Balaban J connectivity index is 1.45. The van der Waals surface area contributed by atoms with Gasteiger partial charge >= 0.3 is 5.97 Å². The average Bonchev–Trinajstić information content (AvgIpc) is 2.77. The fourth-order valence-electron chi connectivity index (χ4n) is 3.66. The van der Waals surface area contributed by atoms with Gasteiger partial charge in [-0.15, -0.1) is 0 Å². The second kappa shape index (κ2) is 8.81. The minimum atomic E-state index is -3.70. The molecule has 1 aromatic heterocycles. The third-order valence-electron chi connectivity index (χ3n) is 5.12. The molecule has 4 rings (SSSR count). The van der Waals surface area contributed by atoms with Gasteiger partial charge in [0.05, 0.1) is 33.6 Å². The zero-order valence-corrected chi connectivity index (χ0v) is 18.5. The molecule has 2 atom stereocenters. The van der Waals surface area contributed by atoms with E-state index in [2.05, 4.69) is 9.97 Å². The highest BCUT2D eigenvalue weighted by Crippen LogP contribution is 2.21. The fourth-order valence-corrected chi connectivity index (χ4v) is 5.25. The monoisotopic (exact) mass is 457 g/mol. The Morgan fingerprint density at radius 2 is 1.78 bits per heavy atom. The first-order valence-electron chi connectivity index (χ1n) is 10.1. The van der Waals surface area contributed by atoms with Gasteiger partial charge in [0.1, 0.15) is 12.4 Å². The summed E-state index contributed by atoms with van der Waals surface area (Å²) in [7, 11) is -3.70. The van der Waals surface area contributed by atoms with E-state index < -0.39 is 16.0 Å². The number of para-hydroxylation sites is 1. The summed E-state index contributed by atoms with van der Waals surface area (Å²) in [5, 5.41) is 0.448. The van der Waals surface area contributed by atoms with Gasteiger partial charge in [-0.3, -0.25) is 4.79 Å². The molecule has 0 amide bonds. The number of nitrogens with zero attached hydrogens (tertiary/aromatic N) is 2. The first-order chi connectivity index (χ1) is 15.2. The van der Waals surface area contributed by atoms with Crippen molar-refractivity contribution < 1.29 is 22.7 Å². The molecule has 0 spiro atoms. The maximum absolute atomic E-state index is 12.9. The van der Waals surface area contributed by atoms with Crippen molar-refractivity contribution in [2.75, 3.05) is 13.1 Å². The molecular weight excluding hydrogens is 434 g/mol. The number of esters is 1. The molecule has 32 heavy (non-hydrogen) atoms. The van der Waals surface area contributed by atoms with Gasteiger partial charge in [-0.05, 0) is 50.2 Å². The van der Waals surface area contributed by atoms with Crippen LogP contribution in [0.25, 0.3) is 10.9 Å². The van der Waals surface area contributed by atoms with Crippen molar-refractivity contribution in [2.45, 2.75) is 37.6 Å². The smallest absolute Gasteiger partial charge is 0.338 e. The number of sulfonamides is 1. The number of aromatic amines is 1. The molecule has 10 heteroatoms. The van der Waals surface area contributed by atoms with E-state index in [9.17, 15) is 18.0 Å². The highest BCUT2D eigenvalue weighted by molar-refractivity contribution is 7.89. The van der Waals surface area contributed by atoms with E-state index in [0.29, 0.717) is 10.9 Å². The minimum Gasteiger partial charge on any atom is -0.454 e. The second-order valence-corrected chi connectivity index (χ2v) is 9.65. The number of fused-ring (bicyclic) bond motifs is 1. The minimum absolute atomic E-state index is 0.0934. The molecule has 2 aromatic carbocycles. The number of hydrogen-bond acceptors (Lipinski definition) is 7. The number of nitrogens with one attached hydrogen (secondary N) is 1. The van der Waals surface area contributed by atoms with Crippen molar-refractivity contribution in [3.05, 3.63) is 70.3 Å². The molecule has 1 aliphatic rings. The zero-order valence-electron chi connectivity index (χ0n) is 17.6. The highest BCUT2D eigenvalue weighted by Gasteiger charge is 2.32. The average molecular weight is 458 g/mol. The van der Waals surface area contributed by atoms with Crippen LogP contribution in [0.1, 0.15) is 30.0 Å². The van der Waals surface area contributed by atoms with Gasteiger partial charge in [-0.1, -0.05) is 12.1 Å². The number of aromatic nitrogens is 2. The topological polar surface area (TPSA) is 119 Å². The lowest BCUT2D eigenvalue weighted by atomic mass is 10.2. The predicted octanol–water partition coefficient (Wildman–Crippen LogP) is 2.08. The second-order valence-electron chi connectivity index (χ2n) is 7.71. The van der Waals surface area contributed by atoms with Crippen molar-refractivity contribution in [2.24, 2.45) is 0 Å². The number of morpholine rings is 1. The molecule has 2 heterocycles. The molecule has 1 saturated heterocycles. The first-order valence-corrected chi connectivity index (χ1v) is 11.6. The van der Waals surface area contributed by atoms with Crippen LogP contribution in [-0.4, -0.2) is 54.0 Å². The lowest BCUT2D eigenvalue weighted by Gasteiger charge is -2.34. The number of H-pyrrole nitrogens is 1. The van der Waals surface area contributed by atoms with Crippen LogP contribution in [0.15, 0.2) is 58.2 Å². The first kappa shape index (κ1) is 22.1. The predicted molar refractivity (Wildman–Crippen MR) is 117 cm³/mol. The SMILES string of the molecule is C[C@H]1CN(S(=O)(=O)c2ccc(C(=O)OCc3nc4ccccc4c(=O)[nH]3)cc2)C[C@H](C)O1. The summed E-state index contributed by atoms with van der Waals surface area (Å²) in [4.78, 5) is 31.5. The Labute approximate surface area is 185 Å². The molecule has 0 radical (unpaired) electrons. The van der Waals surface area contributed by atoms with E-state index in [1.54, 1.807) is 24.3 Å². The number of carbonyl (C=O) groups is 1. The molecule has 0 unspecified atom stereocenters. The van der Waals surface area contributed by atoms with Crippen molar-refractivity contribution >= 4 is 26.9 Å². The van der Waals surface area contributed by atoms with E-state index in [1.165, 1.54) is 28.6 Å². The van der Waals surface area contributed by atoms with E-state index in [-0.39, 0.29) is 53.7 Å². The van der Waals surface area contributed by atoms with Crippen LogP contribution in [0.4, 0.5) is 0 Å². The van der Waals surface area contributed by atoms with Crippen LogP contribution in [0, 0.1) is 0 Å². The van der Waals surface area contributed by atoms with Gasteiger partial charge in [0.25, 0.3) is 5.56 Å². The van der Waals surface area contributed by atoms with Crippen LogP contribution in [0.2, 0.25) is 0 Å². The summed E-state index contributed by atoms with van der Waals surface area (Å²) >= 11 is 0. The number of ether oxygens (including phenoxy) is 2. The third-order valence-corrected chi connectivity index (χ3v) is 6.96. The van der Waals surface area contributed by atoms with Gasteiger partial charge < -0.3 is 14.5 Å². The summed E-state index contributed by atoms with van der Waals surface area (Å²) in [5.74, 6) is -0.435. The van der Waals surface area contributed by atoms with Gasteiger partial charge in [0.15, 0.2) is 0 Å². The molecule has 3 aromatic rings. The Morgan fingerprint density at radius 3 is 2.47 bits per heavy atom. The maximum Gasteiger partial charge on any atom is 0.338 e. The zero-order chi connectivity index (χ0) is 22.9. The van der Waals surface area contributed by atoms with Crippen LogP contribution in [-0.2, 0) is 26.1 Å². The molecule has 9 nitrogen and oxygen atoms in total. The van der Waals surface area contributed by atoms with Crippen molar-refractivity contribution in [3.63, 3.8) is 0 Å². The van der Waals surface area contributed by atoms with E-state index in [1.807, 2.05) is 13.8 Å². The summed E-state index contributed by atoms with van der Waals surface area (Å²) < 4.78 is 38.1. The lowest BCUT2D eigenvalue weighted by Crippen LogP contribution is -2.48. The Bertz CT molecular complexity index is 1290. The molecule has 1 aliphatic heterocycles. The normalized spacial score (nSPS) is 19.7. The molecular formula is C22H23N3O6S. The van der Waals surface area contributed by atoms with Crippen molar-refractivity contribution in [1.29, 1.82) is 0 Å². The Kier molecular flexibility index (Phi) is 6.09. The van der Waals surface area contributed by atoms with Crippen LogP contribution < -0.4 is 5.56 Å². The Hall–Kier alpha value is -3.08. The van der Waals surface area contributed by atoms with E-state index in [0.717, 1.165) is 0 Å². The molecule has 0 saturated carbocycles. The summed E-state index contributed by atoms with van der Waals surface area (Å²) in [6.07, 6.45) is -0.393.